The van der Waals surface area contributed by atoms with Gasteiger partial charge in [0.25, 0.3) is 5.15 Å². The maximum Gasteiger partial charge on any atom is 0.293 e. The van der Waals surface area contributed by atoms with Crippen LogP contribution in [-0.2, 0) is 7.05 Å². The van der Waals surface area contributed by atoms with E-state index in [1.54, 1.807) is 4.57 Å². The standard InChI is InChI=1S/C8H8ClN2S/c1-11-4-3-7(12-2)6(5-10)8(11)9/h3-4H,1-2H3/q+1. The summed E-state index contributed by atoms with van der Waals surface area (Å²) in [5.74, 6) is 0. The molecule has 0 aromatic carbocycles. The quantitative estimate of drug-likeness (QED) is 0.392. The van der Waals surface area contributed by atoms with Crippen LogP contribution in [0, 0.1) is 11.3 Å². The van der Waals surface area contributed by atoms with Crippen LogP contribution in [0.1, 0.15) is 5.56 Å². The maximum atomic E-state index is 8.79. The van der Waals surface area contributed by atoms with Crippen molar-refractivity contribution in [1.29, 1.82) is 5.26 Å². The molecule has 62 valence electrons. The van der Waals surface area contributed by atoms with Crippen molar-refractivity contribution in [3.63, 3.8) is 0 Å². The summed E-state index contributed by atoms with van der Waals surface area (Å²) in [7, 11) is 1.81. The predicted molar refractivity (Wildman–Crippen MR) is 49.1 cm³/mol. The SMILES string of the molecule is CSc1cc[n+](C)c(Cl)c1C#N. The fourth-order valence-corrected chi connectivity index (χ4v) is 1.68. The monoisotopic (exact) mass is 199 g/mol. The average Bonchev–Trinajstić information content (AvgIpc) is 2.09. The Balaban J connectivity index is 3.38. The predicted octanol–water partition coefficient (Wildman–Crippen LogP) is 1.76. The lowest BCUT2D eigenvalue weighted by Gasteiger charge is -1.98. The van der Waals surface area contributed by atoms with Gasteiger partial charge in [-0.25, -0.2) is 0 Å². The number of hydrogen-bond acceptors (Lipinski definition) is 2. The van der Waals surface area contributed by atoms with Crippen LogP contribution in [0.15, 0.2) is 17.2 Å². The minimum atomic E-state index is 0.490. The molecule has 0 bridgehead atoms. The molecule has 2 nitrogen and oxygen atoms in total. The molecular weight excluding hydrogens is 192 g/mol. The molecule has 0 N–H and O–H groups in total. The van der Waals surface area contributed by atoms with Crippen LogP contribution >= 0.6 is 23.4 Å². The van der Waals surface area contributed by atoms with E-state index in [1.165, 1.54) is 11.8 Å². The van der Waals surface area contributed by atoms with Crippen LogP contribution in [0.2, 0.25) is 5.15 Å². The van der Waals surface area contributed by atoms with Gasteiger partial charge in [0.2, 0.25) is 0 Å². The van der Waals surface area contributed by atoms with Gasteiger partial charge in [0.05, 0.1) is 0 Å². The largest absolute Gasteiger partial charge is 0.293 e. The molecule has 0 fully saturated rings. The molecule has 0 radical (unpaired) electrons. The number of halogens is 1. The van der Waals surface area contributed by atoms with E-state index in [0.29, 0.717) is 10.7 Å². The van der Waals surface area contributed by atoms with E-state index >= 15 is 0 Å². The van der Waals surface area contributed by atoms with E-state index < -0.39 is 0 Å². The number of thioether (sulfide) groups is 1. The van der Waals surface area contributed by atoms with Gasteiger partial charge < -0.3 is 0 Å². The first-order chi connectivity index (χ1) is 5.70. The number of nitriles is 1. The minimum absolute atomic E-state index is 0.490. The number of nitrogens with zero attached hydrogens (tertiary/aromatic N) is 2. The highest BCUT2D eigenvalue weighted by Gasteiger charge is 2.14. The summed E-state index contributed by atoms with van der Waals surface area (Å²) in [5.41, 5.74) is 0.550. The summed E-state index contributed by atoms with van der Waals surface area (Å²) >= 11 is 7.43. The summed E-state index contributed by atoms with van der Waals surface area (Å²) in [6.45, 7) is 0. The number of aryl methyl sites for hydroxylation is 1. The van der Waals surface area contributed by atoms with Gasteiger partial charge >= 0.3 is 0 Å². The van der Waals surface area contributed by atoms with E-state index in [-0.39, 0.29) is 0 Å². The molecule has 4 heteroatoms. The first-order valence-electron chi connectivity index (χ1n) is 3.33. The summed E-state index contributed by atoms with van der Waals surface area (Å²) in [6.07, 6.45) is 3.77. The second kappa shape index (κ2) is 3.79. The van der Waals surface area contributed by atoms with Gasteiger partial charge in [-0.1, -0.05) is 0 Å². The first kappa shape index (κ1) is 9.37. The number of hydrogen-bond donors (Lipinski definition) is 0. The Kier molecular flexibility index (Phi) is 2.96. The number of aromatic nitrogens is 1. The molecule has 0 atom stereocenters. The van der Waals surface area contributed by atoms with E-state index in [2.05, 4.69) is 6.07 Å². The molecule has 0 saturated heterocycles. The van der Waals surface area contributed by atoms with Gasteiger partial charge in [-0.15, -0.1) is 11.8 Å². The third-order valence-electron chi connectivity index (χ3n) is 1.54. The lowest BCUT2D eigenvalue weighted by molar-refractivity contribution is -0.669. The molecule has 1 aromatic rings. The second-order valence-corrected chi connectivity index (χ2v) is 3.48. The van der Waals surface area contributed by atoms with Crippen molar-refractivity contribution in [2.45, 2.75) is 4.90 Å². The smallest absolute Gasteiger partial charge is 0.192 e. The molecule has 1 heterocycles. The Labute approximate surface area is 80.8 Å². The molecule has 12 heavy (non-hydrogen) atoms. The van der Waals surface area contributed by atoms with Crippen molar-refractivity contribution in [1.82, 2.24) is 0 Å². The van der Waals surface area contributed by atoms with Gasteiger partial charge in [-0.2, -0.15) is 9.83 Å². The third-order valence-corrected chi connectivity index (χ3v) is 2.78. The molecule has 1 rings (SSSR count). The molecule has 0 saturated carbocycles. The second-order valence-electron chi connectivity index (χ2n) is 2.27. The molecule has 0 aliphatic heterocycles. The zero-order valence-corrected chi connectivity index (χ0v) is 8.41. The van der Waals surface area contributed by atoms with Crippen molar-refractivity contribution in [2.24, 2.45) is 7.05 Å². The van der Waals surface area contributed by atoms with Crippen LogP contribution in [0.5, 0.6) is 0 Å². The van der Waals surface area contributed by atoms with E-state index in [9.17, 15) is 0 Å². The Morgan fingerprint density at radius 2 is 2.33 bits per heavy atom. The Morgan fingerprint density at radius 3 is 2.83 bits per heavy atom. The van der Waals surface area contributed by atoms with E-state index in [0.717, 1.165) is 4.90 Å². The van der Waals surface area contributed by atoms with E-state index in [1.807, 2.05) is 25.6 Å². The summed E-state index contributed by atoms with van der Waals surface area (Å²) in [6, 6.07) is 3.97. The van der Waals surface area contributed by atoms with Gasteiger partial charge in [0.15, 0.2) is 11.8 Å². The molecule has 0 aliphatic carbocycles. The molecule has 0 aliphatic rings. The fourth-order valence-electron chi connectivity index (χ4n) is 0.878. The zero-order chi connectivity index (χ0) is 9.14. The van der Waals surface area contributed by atoms with Gasteiger partial charge in [0, 0.05) is 11.0 Å². The molecule has 0 spiro atoms. The fraction of sp³-hybridized carbons (Fsp3) is 0.250. The Hall–Kier alpha value is -0.720. The highest BCUT2D eigenvalue weighted by molar-refractivity contribution is 7.98. The van der Waals surface area contributed by atoms with Crippen LogP contribution in [0.3, 0.4) is 0 Å². The highest BCUT2D eigenvalue weighted by atomic mass is 35.5. The average molecular weight is 200 g/mol. The van der Waals surface area contributed by atoms with Crippen molar-refractivity contribution >= 4 is 23.4 Å². The summed E-state index contributed by atoms with van der Waals surface area (Å²) in [5, 5.41) is 9.28. The van der Waals surface area contributed by atoms with Crippen LogP contribution in [0.25, 0.3) is 0 Å². The first-order valence-corrected chi connectivity index (χ1v) is 4.93. The van der Waals surface area contributed by atoms with Crippen LogP contribution in [0.4, 0.5) is 0 Å². The topological polar surface area (TPSA) is 27.7 Å². The molecule has 0 unspecified atom stereocenters. The van der Waals surface area contributed by atoms with Gasteiger partial charge in [0.1, 0.15) is 13.1 Å². The number of pyridine rings is 1. The van der Waals surface area contributed by atoms with Crippen molar-refractivity contribution in [2.75, 3.05) is 6.26 Å². The van der Waals surface area contributed by atoms with E-state index in [4.69, 9.17) is 16.9 Å². The van der Waals surface area contributed by atoms with Gasteiger partial charge in [-0.05, 0) is 17.9 Å². The lowest BCUT2D eigenvalue weighted by atomic mass is 10.3. The van der Waals surface area contributed by atoms with Crippen LogP contribution in [-0.4, -0.2) is 6.26 Å². The van der Waals surface area contributed by atoms with Crippen molar-refractivity contribution in [3.8, 4) is 6.07 Å². The maximum absolute atomic E-state index is 8.79. The summed E-state index contributed by atoms with van der Waals surface area (Å²) < 4.78 is 1.72. The van der Waals surface area contributed by atoms with Crippen molar-refractivity contribution in [3.05, 3.63) is 23.0 Å². The highest BCUT2D eigenvalue weighted by Crippen LogP contribution is 2.22. The summed E-state index contributed by atoms with van der Waals surface area (Å²) in [4.78, 5) is 0.917. The zero-order valence-electron chi connectivity index (χ0n) is 6.84. The number of rotatable bonds is 1. The van der Waals surface area contributed by atoms with Crippen LogP contribution < -0.4 is 4.57 Å². The Morgan fingerprint density at radius 1 is 1.67 bits per heavy atom. The molecule has 0 amide bonds. The normalized spacial score (nSPS) is 9.50. The van der Waals surface area contributed by atoms with Crippen molar-refractivity contribution < 1.29 is 4.57 Å². The minimum Gasteiger partial charge on any atom is -0.192 e. The Bertz CT molecular complexity index is 344. The lowest BCUT2D eigenvalue weighted by Crippen LogP contribution is -2.29. The molecule has 1 aromatic heterocycles. The molecular formula is C8H8ClN2S+. The van der Waals surface area contributed by atoms with Gasteiger partial charge in [-0.3, -0.25) is 0 Å². The third kappa shape index (κ3) is 1.55.